The molecule has 2 aliphatic heterocycles. The molecule has 5 heterocycles. The second kappa shape index (κ2) is 10.4. The third-order valence-electron chi connectivity index (χ3n) is 6.26. The van der Waals surface area contributed by atoms with E-state index in [9.17, 15) is 4.79 Å². The minimum absolute atomic E-state index is 0.0700. The summed E-state index contributed by atoms with van der Waals surface area (Å²) in [5.41, 5.74) is 1.20. The van der Waals surface area contributed by atoms with Crippen molar-refractivity contribution in [3.05, 3.63) is 62.7 Å². The molecule has 4 aromatic rings. The summed E-state index contributed by atoms with van der Waals surface area (Å²) >= 11 is 15.3. The summed E-state index contributed by atoms with van der Waals surface area (Å²) < 4.78 is 19.0. The van der Waals surface area contributed by atoms with Crippen LogP contribution in [0.1, 0.15) is 28.3 Å². The predicted molar refractivity (Wildman–Crippen MR) is 141 cm³/mol. The fourth-order valence-electron chi connectivity index (χ4n) is 4.39. The zero-order valence-electron chi connectivity index (χ0n) is 19.4. The van der Waals surface area contributed by atoms with Gasteiger partial charge in [-0.15, -0.1) is 21.5 Å². The van der Waals surface area contributed by atoms with E-state index in [1.807, 2.05) is 27.0 Å². The first kappa shape index (κ1) is 24.9. The Hall–Kier alpha value is -2.41. The maximum atomic E-state index is 13.0. The van der Waals surface area contributed by atoms with Gasteiger partial charge in [0, 0.05) is 31.3 Å². The molecule has 1 spiro atoms. The Bertz CT molecular complexity index is 1410. The van der Waals surface area contributed by atoms with Gasteiger partial charge in [-0.05, 0) is 30.3 Å². The summed E-state index contributed by atoms with van der Waals surface area (Å²) in [5.74, 6) is 1.04. The fraction of sp³-hybridized carbons (Fsp3) is 0.333. The Kier molecular flexibility index (Phi) is 6.99. The van der Waals surface area contributed by atoms with Gasteiger partial charge in [-0.25, -0.2) is 4.98 Å². The number of likely N-dealkylation sites (tertiary alicyclic amines) is 1. The number of rotatable bonds is 6. The van der Waals surface area contributed by atoms with Gasteiger partial charge >= 0.3 is 0 Å². The molecule has 0 aliphatic carbocycles. The molecule has 0 bridgehead atoms. The number of ether oxygens (including phenoxy) is 2. The van der Waals surface area contributed by atoms with Crippen LogP contribution in [-0.4, -0.2) is 62.6 Å². The topological polar surface area (TPSA) is 95.5 Å². The van der Waals surface area contributed by atoms with E-state index >= 15 is 0 Å². The lowest BCUT2D eigenvalue weighted by molar-refractivity contribution is -0.181. The molecule has 2 fully saturated rings. The van der Waals surface area contributed by atoms with Gasteiger partial charge in [0.05, 0.1) is 41.0 Å². The lowest BCUT2D eigenvalue weighted by Crippen LogP contribution is -2.47. The number of piperidine rings is 1. The molecule has 2 aliphatic rings. The molecule has 9 nitrogen and oxygen atoms in total. The zero-order valence-corrected chi connectivity index (χ0v) is 22.6. The summed E-state index contributed by atoms with van der Waals surface area (Å²) in [6.07, 6.45) is 2.93. The number of halogens is 2. The molecule has 3 aromatic heterocycles. The van der Waals surface area contributed by atoms with E-state index in [1.54, 1.807) is 24.5 Å². The number of nitrogens with zero attached hydrogens (tertiary/aromatic N) is 5. The van der Waals surface area contributed by atoms with Crippen molar-refractivity contribution >= 4 is 52.2 Å². The molecule has 6 rings (SSSR count). The summed E-state index contributed by atoms with van der Waals surface area (Å²) in [6, 6.07) is 8.94. The molecule has 0 radical (unpaired) electrons. The first-order chi connectivity index (χ1) is 18.0. The summed E-state index contributed by atoms with van der Waals surface area (Å²) in [6.45, 7) is 2.40. The highest BCUT2D eigenvalue weighted by Gasteiger charge is 2.41. The van der Waals surface area contributed by atoms with E-state index in [-0.39, 0.29) is 5.91 Å². The number of carbonyl (C=O) groups is 1. The van der Waals surface area contributed by atoms with Gasteiger partial charge in [-0.2, -0.15) is 0 Å². The fourth-order valence-corrected chi connectivity index (χ4v) is 6.42. The monoisotopic (exact) mass is 577 g/mol. The predicted octanol–water partition coefficient (Wildman–Crippen LogP) is 5.56. The van der Waals surface area contributed by atoms with Crippen LogP contribution in [0.5, 0.6) is 0 Å². The van der Waals surface area contributed by atoms with Gasteiger partial charge in [0.1, 0.15) is 10.7 Å². The Morgan fingerprint density at radius 1 is 1.11 bits per heavy atom. The van der Waals surface area contributed by atoms with Gasteiger partial charge in [-0.3, -0.25) is 9.36 Å². The SMILES string of the molecule is O=C(c1csc(CSc2nnc(-c3ccco3)n2-c2ccc(Cl)c(Cl)c2)n1)N1CCC2(CC1)OCCO2. The maximum Gasteiger partial charge on any atom is 0.273 e. The number of hydrogen-bond donors (Lipinski definition) is 0. The van der Waals surface area contributed by atoms with Crippen LogP contribution in [0.2, 0.25) is 10.0 Å². The number of carbonyl (C=O) groups excluding carboxylic acids is 1. The second-order valence-corrected chi connectivity index (χ2v) is 11.2. The quantitative estimate of drug-likeness (QED) is 0.275. The van der Waals surface area contributed by atoms with Crippen LogP contribution in [0.3, 0.4) is 0 Å². The van der Waals surface area contributed by atoms with E-state index in [4.69, 9.17) is 37.1 Å². The summed E-state index contributed by atoms with van der Waals surface area (Å²) in [4.78, 5) is 19.5. The number of aromatic nitrogens is 4. The van der Waals surface area contributed by atoms with Crippen LogP contribution >= 0.6 is 46.3 Å². The second-order valence-electron chi connectivity index (χ2n) is 8.53. The lowest BCUT2D eigenvalue weighted by Gasteiger charge is -2.37. The average molecular weight is 579 g/mol. The van der Waals surface area contributed by atoms with Crippen LogP contribution in [0.25, 0.3) is 17.3 Å². The number of amides is 1. The molecule has 37 heavy (non-hydrogen) atoms. The number of thioether (sulfide) groups is 1. The third-order valence-corrected chi connectivity index (χ3v) is 8.97. The number of benzene rings is 1. The molecule has 13 heteroatoms. The van der Waals surface area contributed by atoms with E-state index in [2.05, 4.69) is 15.2 Å². The van der Waals surface area contributed by atoms with Gasteiger partial charge in [0.15, 0.2) is 16.7 Å². The molecule has 1 amide bonds. The Balaban J connectivity index is 1.17. The lowest BCUT2D eigenvalue weighted by atomic mass is 10.0. The highest BCUT2D eigenvalue weighted by molar-refractivity contribution is 7.98. The molecule has 192 valence electrons. The van der Waals surface area contributed by atoms with E-state index < -0.39 is 5.79 Å². The van der Waals surface area contributed by atoms with Gasteiger partial charge in [0.25, 0.3) is 5.91 Å². The molecule has 0 atom stereocenters. The van der Waals surface area contributed by atoms with Crippen LogP contribution in [0.4, 0.5) is 0 Å². The van der Waals surface area contributed by atoms with Crippen molar-refractivity contribution in [2.75, 3.05) is 26.3 Å². The summed E-state index contributed by atoms with van der Waals surface area (Å²) in [7, 11) is 0. The number of furan rings is 1. The summed E-state index contributed by atoms with van der Waals surface area (Å²) in [5, 5.41) is 12.9. The molecule has 0 saturated carbocycles. The number of hydrogen-bond acceptors (Lipinski definition) is 9. The van der Waals surface area contributed by atoms with Crippen molar-refractivity contribution in [2.24, 2.45) is 0 Å². The minimum Gasteiger partial charge on any atom is -0.461 e. The van der Waals surface area contributed by atoms with Crippen LogP contribution in [0.15, 0.2) is 51.5 Å². The van der Waals surface area contributed by atoms with Crippen molar-refractivity contribution < 1.29 is 18.7 Å². The van der Waals surface area contributed by atoms with Gasteiger partial charge in [0.2, 0.25) is 5.82 Å². The normalized spacial score (nSPS) is 17.1. The molecular formula is C24H21Cl2N5O4S2. The van der Waals surface area contributed by atoms with Crippen LogP contribution in [0, 0.1) is 0 Å². The van der Waals surface area contributed by atoms with Gasteiger partial charge in [-0.1, -0.05) is 35.0 Å². The smallest absolute Gasteiger partial charge is 0.273 e. The molecule has 0 N–H and O–H groups in total. The van der Waals surface area contributed by atoms with Crippen molar-refractivity contribution in [1.82, 2.24) is 24.6 Å². The van der Waals surface area contributed by atoms with Gasteiger partial charge < -0.3 is 18.8 Å². The highest BCUT2D eigenvalue weighted by Crippen LogP contribution is 2.34. The van der Waals surface area contributed by atoms with E-state index in [0.717, 1.165) is 10.7 Å². The van der Waals surface area contributed by atoms with Crippen molar-refractivity contribution in [3.63, 3.8) is 0 Å². The van der Waals surface area contributed by atoms with Crippen molar-refractivity contribution in [3.8, 4) is 17.3 Å². The van der Waals surface area contributed by atoms with Crippen LogP contribution < -0.4 is 0 Å². The molecule has 1 aromatic carbocycles. The van der Waals surface area contributed by atoms with Crippen molar-refractivity contribution in [1.29, 1.82) is 0 Å². The highest BCUT2D eigenvalue weighted by atomic mass is 35.5. The molecule has 0 unspecified atom stereocenters. The molecular weight excluding hydrogens is 557 g/mol. The average Bonchev–Trinajstić information content (AvgIpc) is 3.72. The largest absolute Gasteiger partial charge is 0.461 e. The first-order valence-electron chi connectivity index (χ1n) is 11.6. The number of thiazole rings is 1. The standard InChI is InChI=1S/C24H21Cl2N5O4S2/c25-16-4-3-15(12-17(16)26)31-21(19-2-1-9-33-19)28-29-23(31)37-14-20-27-18(13-36-20)22(32)30-7-5-24(6-8-30)34-10-11-35-24/h1-4,9,12-13H,5-8,10-11,14H2. The Labute approximate surface area is 230 Å². The first-order valence-corrected chi connectivity index (χ1v) is 14.2. The van der Waals surface area contributed by atoms with E-state index in [0.29, 0.717) is 77.4 Å². The Morgan fingerprint density at radius 3 is 2.65 bits per heavy atom. The van der Waals surface area contributed by atoms with Crippen molar-refractivity contribution in [2.45, 2.75) is 29.5 Å². The molecule has 2 saturated heterocycles. The Morgan fingerprint density at radius 2 is 1.92 bits per heavy atom. The van der Waals surface area contributed by atoms with E-state index in [1.165, 1.54) is 23.1 Å². The van der Waals surface area contributed by atoms with Crippen LogP contribution in [-0.2, 0) is 15.2 Å². The minimum atomic E-state index is -0.514. The maximum absolute atomic E-state index is 13.0. The zero-order chi connectivity index (χ0) is 25.4. The third kappa shape index (κ3) is 5.04.